The Labute approximate surface area is 144 Å². The topological polar surface area (TPSA) is 93.6 Å². The molecule has 0 unspecified atom stereocenters. The van der Waals surface area contributed by atoms with E-state index in [-0.39, 0.29) is 18.7 Å². The van der Waals surface area contributed by atoms with Crippen molar-refractivity contribution in [3.63, 3.8) is 0 Å². The molecular formula is C17H20N4O4. The molecule has 3 rings (SSSR count). The Kier molecular flexibility index (Phi) is 4.99. The van der Waals surface area contributed by atoms with Gasteiger partial charge in [-0.2, -0.15) is 4.98 Å². The molecule has 8 nitrogen and oxygen atoms in total. The van der Waals surface area contributed by atoms with E-state index < -0.39 is 0 Å². The molecule has 2 amide bonds. The first-order valence-corrected chi connectivity index (χ1v) is 7.88. The lowest BCUT2D eigenvalue weighted by atomic mass is 10.2. The van der Waals surface area contributed by atoms with Crippen LogP contribution in [0.3, 0.4) is 0 Å². The van der Waals surface area contributed by atoms with Crippen LogP contribution in [-0.2, 0) is 17.8 Å². The van der Waals surface area contributed by atoms with E-state index >= 15 is 0 Å². The molecule has 1 atom stereocenters. The third-order valence-electron chi connectivity index (χ3n) is 3.81. The summed E-state index contributed by atoms with van der Waals surface area (Å²) in [7, 11) is 3.22. The molecule has 0 aliphatic rings. The molecular weight excluding hydrogens is 324 g/mol. The van der Waals surface area contributed by atoms with Gasteiger partial charge in [0.15, 0.2) is 5.82 Å². The first-order valence-electron chi connectivity index (χ1n) is 7.88. The maximum atomic E-state index is 12.2. The van der Waals surface area contributed by atoms with Gasteiger partial charge in [-0.3, -0.25) is 0 Å². The van der Waals surface area contributed by atoms with Crippen LogP contribution in [0.4, 0.5) is 4.79 Å². The molecule has 0 aliphatic carbocycles. The molecule has 0 aliphatic heterocycles. The summed E-state index contributed by atoms with van der Waals surface area (Å²) in [6.07, 6.45) is -0.260. The number of furan rings is 1. The Morgan fingerprint density at radius 1 is 1.40 bits per heavy atom. The number of urea groups is 1. The van der Waals surface area contributed by atoms with Crippen molar-refractivity contribution in [2.24, 2.45) is 0 Å². The summed E-state index contributed by atoms with van der Waals surface area (Å²) in [5, 5.41) is 7.64. The van der Waals surface area contributed by atoms with Gasteiger partial charge in [-0.25, -0.2) is 4.79 Å². The van der Waals surface area contributed by atoms with Gasteiger partial charge < -0.3 is 23.9 Å². The third kappa shape index (κ3) is 3.97. The SMILES string of the molecule is CO[C@H](C)c1noc(CN(C)C(=O)NCc2cc3ccccc3o2)n1. The number of nitrogens with zero attached hydrogens (tertiary/aromatic N) is 3. The Balaban J connectivity index is 1.54. The second kappa shape index (κ2) is 7.35. The van der Waals surface area contributed by atoms with Crippen molar-refractivity contribution in [3.05, 3.63) is 47.8 Å². The number of rotatable bonds is 6. The number of hydrogen-bond donors (Lipinski definition) is 1. The summed E-state index contributed by atoms with van der Waals surface area (Å²) in [4.78, 5) is 17.9. The van der Waals surface area contributed by atoms with Crippen molar-refractivity contribution in [3.8, 4) is 0 Å². The van der Waals surface area contributed by atoms with E-state index in [0.717, 1.165) is 11.0 Å². The zero-order valence-electron chi connectivity index (χ0n) is 14.4. The predicted molar refractivity (Wildman–Crippen MR) is 89.6 cm³/mol. The van der Waals surface area contributed by atoms with E-state index in [9.17, 15) is 4.79 Å². The van der Waals surface area contributed by atoms with Crippen molar-refractivity contribution in [1.82, 2.24) is 20.4 Å². The first-order chi connectivity index (χ1) is 12.1. The molecule has 0 radical (unpaired) electrons. The molecule has 0 spiro atoms. The number of nitrogens with one attached hydrogen (secondary N) is 1. The van der Waals surface area contributed by atoms with Gasteiger partial charge in [-0.05, 0) is 19.1 Å². The van der Waals surface area contributed by atoms with Crippen molar-refractivity contribution < 1.29 is 18.5 Å². The normalized spacial score (nSPS) is 12.3. The number of amides is 2. The highest BCUT2D eigenvalue weighted by atomic mass is 16.5. The Hall–Kier alpha value is -2.87. The molecule has 132 valence electrons. The molecule has 0 bridgehead atoms. The standard InChI is InChI=1S/C17H20N4O4/c1-11(23-3)16-19-15(25-20-16)10-21(2)17(22)18-9-13-8-12-6-4-5-7-14(12)24-13/h4-8,11H,9-10H2,1-3H3,(H,18,22)/t11-/m1/s1. The summed E-state index contributed by atoms with van der Waals surface area (Å²) in [6, 6.07) is 9.35. The maximum Gasteiger partial charge on any atom is 0.317 e. The van der Waals surface area contributed by atoms with E-state index in [0.29, 0.717) is 24.0 Å². The zero-order chi connectivity index (χ0) is 17.8. The van der Waals surface area contributed by atoms with Gasteiger partial charge >= 0.3 is 6.03 Å². The highest BCUT2D eigenvalue weighted by Crippen LogP contribution is 2.18. The van der Waals surface area contributed by atoms with E-state index in [4.69, 9.17) is 13.7 Å². The molecule has 25 heavy (non-hydrogen) atoms. The monoisotopic (exact) mass is 344 g/mol. The largest absolute Gasteiger partial charge is 0.459 e. The molecule has 1 N–H and O–H groups in total. The van der Waals surface area contributed by atoms with Gasteiger partial charge in [0.05, 0.1) is 6.54 Å². The predicted octanol–water partition coefficient (Wildman–Crippen LogP) is 2.86. The molecule has 2 aromatic heterocycles. The van der Waals surface area contributed by atoms with Crippen molar-refractivity contribution >= 4 is 17.0 Å². The van der Waals surface area contributed by atoms with Crippen LogP contribution in [0.15, 0.2) is 39.3 Å². The van der Waals surface area contributed by atoms with Crippen LogP contribution in [0.5, 0.6) is 0 Å². The Morgan fingerprint density at radius 2 is 2.20 bits per heavy atom. The minimum atomic E-state index is -0.264. The average Bonchev–Trinajstić information content (AvgIpc) is 3.25. The van der Waals surface area contributed by atoms with E-state index in [1.165, 1.54) is 4.90 Å². The van der Waals surface area contributed by atoms with Crippen LogP contribution in [0.25, 0.3) is 11.0 Å². The van der Waals surface area contributed by atoms with Crippen molar-refractivity contribution in [2.45, 2.75) is 26.1 Å². The fourth-order valence-electron chi connectivity index (χ4n) is 2.30. The van der Waals surface area contributed by atoms with Crippen LogP contribution < -0.4 is 5.32 Å². The lowest BCUT2D eigenvalue weighted by Gasteiger charge is -2.15. The fraction of sp³-hybridized carbons (Fsp3) is 0.353. The Morgan fingerprint density at radius 3 is 2.96 bits per heavy atom. The maximum absolute atomic E-state index is 12.2. The van der Waals surface area contributed by atoms with E-state index in [1.807, 2.05) is 37.3 Å². The van der Waals surface area contributed by atoms with Crippen LogP contribution in [0, 0.1) is 0 Å². The molecule has 1 aromatic carbocycles. The number of benzene rings is 1. The van der Waals surface area contributed by atoms with Crippen molar-refractivity contribution in [2.75, 3.05) is 14.2 Å². The first kappa shape index (κ1) is 17.0. The van der Waals surface area contributed by atoms with E-state index in [2.05, 4.69) is 15.5 Å². The fourth-order valence-corrected chi connectivity index (χ4v) is 2.30. The van der Waals surface area contributed by atoms with Crippen LogP contribution in [0.2, 0.25) is 0 Å². The van der Waals surface area contributed by atoms with Gasteiger partial charge in [0.25, 0.3) is 0 Å². The smallest absolute Gasteiger partial charge is 0.317 e. The summed E-state index contributed by atoms with van der Waals surface area (Å²) < 4.78 is 15.9. The summed E-state index contributed by atoms with van der Waals surface area (Å²) in [6.45, 7) is 2.32. The van der Waals surface area contributed by atoms with E-state index in [1.54, 1.807) is 14.2 Å². The van der Waals surface area contributed by atoms with Gasteiger partial charge in [0, 0.05) is 19.5 Å². The van der Waals surface area contributed by atoms with Gasteiger partial charge in [0.1, 0.15) is 24.0 Å². The molecule has 0 saturated heterocycles. The highest BCUT2D eigenvalue weighted by Gasteiger charge is 2.17. The number of aromatic nitrogens is 2. The van der Waals surface area contributed by atoms with Gasteiger partial charge in [-0.15, -0.1) is 0 Å². The summed E-state index contributed by atoms with van der Waals surface area (Å²) in [5.74, 6) is 1.49. The van der Waals surface area contributed by atoms with Crippen LogP contribution >= 0.6 is 0 Å². The minimum Gasteiger partial charge on any atom is -0.459 e. The lowest BCUT2D eigenvalue weighted by molar-refractivity contribution is 0.109. The number of ether oxygens (including phenoxy) is 1. The second-order valence-corrected chi connectivity index (χ2v) is 5.69. The average molecular weight is 344 g/mol. The molecule has 3 aromatic rings. The summed E-state index contributed by atoms with van der Waals surface area (Å²) >= 11 is 0. The summed E-state index contributed by atoms with van der Waals surface area (Å²) in [5.41, 5.74) is 0.797. The number of para-hydroxylation sites is 1. The zero-order valence-corrected chi connectivity index (χ0v) is 14.4. The van der Waals surface area contributed by atoms with Crippen LogP contribution in [-0.4, -0.2) is 35.2 Å². The van der Waals surface area contributed by atoms with Crippen LogP contribution in [0.1, 0.15) is 30.5 Å². The number of fused-ring (bicyclic) bond motifs is 1. The second-order valence-electron chi connectivity index (χ2n) is 5.69. The lowest BCUT2D eigenvalue weighted by Crippen LogP contribution is -2.36. The molecule has 2 heterocycles. The quantitative estimate of drug-likeness (QED) is 0.739. The minimum absolute atomic E-state index is 0.204. The van der Waals surface area contributed by atoms with Gasteiger partial charge in [-0.1, -0.05) is 23.4 Å². The van der Waals surface area contributed by atoms with Crippen molar-refractivity contribution in [1.29, 1.82) is 0 Å². The molecule has 0 fully saturated rings. The van der Waals surface area contributed by atoms with Gasteiger partial charge in [0.2, 0.25) is 5.89 Å². The molecule has 0 saturated carbocycles. The Bertz CT molecular complexity index is 824. The number of carbonyl (C=O) groups is 1. The third-order valence-corrected chi connectivity index (χ3v) is 3.81. The number of hydrogen-bond acceptors (Lipinski definition) is 6. The highest BCUT2D eigenvalue weighted by molar-refractivity contribution is 5.78. The molecule has 8 heteroatoms. The number of methoxy groups -OCH3 is 1. The number of carbonyl (C=O) groups excluding carboxylic acids is 1.